The van der Waals surface area contributed by atoms with Crippen LogP contribution in [0.15, 0.2) is 22.6 Å². The number of hydrogen-bond acceptors (Lipinski definition) is 5. The number of thiazole rings is 1. The Morgan fingerprint density at radius 1 is 1.41 bits per heavy atom. The molecule has 0 amide bonds. The van der Waals surface area contributed by atoms with E-state index >= 15 is 0 Å². The lowest BCUT2D eigenvalue weighted by Crippen LogP contribution is -2.16. The van der Waals surface area contributed by atoms with Gasteiger partial charge in [0, 0.05) is 17.6 Å². The second-order valence-electron chi connectivity index (χ2n) is 3.65. The Morgan fingerprint density at radius 2 is 2.24 bits per heavy atom. The maximum absolute atomic E-state index is 11.5. The minimum absolute atomic E-state index is 0.0417. The molecule has 2 rings (SSSR count). The van der Waals surface area contributed by atoms with Gasteiger partial charge in [0.05, 0.1) is 24.6 Å². The van der Waals surface area contributed by atoms with Gasteiger partial charge in [0.1, 0.15) is 5.82 Å². The summed E-state index contributed by atoms with van der Waals surface area (Å²) in [6, 6.07) is 0. The number of aromatic nitrogens is 3. The maximum atomic E-state index is 11.5. The van der Waals surface area contributed by atoms with Crippen molar-refractivity contribution in [2.45, 2.75) is 20.4 Å². The first-order chi connectivity index (χ1) is 8.20. The van der Waals surface area contributed by atoms with E-state index < -0.39 is 0 Å². The average molecular weight is 250 g/mol. The topological polar surface area (TPSA) is 59.8 Å². The molecule has 0 spiro atoms. The monoisotopic (exact) mass is 250 g/mol. The van der Waals surface area contributed by atoms with Crippen molar-refractivity contribution in [3.05, 3.63) is 38.8 Å². The number of hydrogen-bond donors (Lipinski definition) is 1. The minimum Gasteiger partial charge on any atom is -0.369 e. The first-order valence-corrected chi connectivity index (χ1v) is 6.28. The molecule has 0 aliphatic carbocycles. The predicted octanol–water partition coefficient (Wildman–Crippen LogP) is 1.49. The van der Waals surface area contributed by atoms with Crippen LogP contribution in [0.1, 0.15) is 18.3 Å². The Bertz CT molecular complexity index is 543. The summed E-state index contributed by atoms with van der Waals surface area (Å²) in [5.41, 5.74) is 1.74. The highest BCUT2D eigenvalue weighted by molar-refractivity contribution is 7.07. The van der Waals surface area contributed by atoms with Gasteiger partial charge >= 0.3 is 4.87 Å². The predicted molar refractivity (Wildman–Crippen MR) is 68.6 cm³/mol. The largest absolute Gasteiger partial charge is 0.369 e. The van der Waals surface area contributed by atoms with Crippen LogP contribution in [0.3, 0.4) is 0 Å². The molecular weight excluding hydrogens is 236 g/mol. The molecule has 0 aliphatic heterocycles. The second kappa shape index (κ2) is 5.09. The van der Waals surface area contributed by atoms with Crippen molar-refractivity contribution in [2.75, 3.05) is 11.9 Å². The van der Waals surface area contributed by atoms with Gasteiger partial charge in [0.25, 0.3) is 0 Å². The van der Waals surface area contributed by atoms with Gasteiger partial charge < -0.3 is 5.32 Å². The molecule has 0 aliphatic rings. The molecule has 1 N–H and O–H groups in total. The lowest BCUT2D eigenvalue weighted by Gasteiger charge is -2.05. The fourth-order valence-electron chi connectivity index (χ4n) is 1.47. The lowest BCUT2D eigenvalue weighted by atomic mass is 10.4. The van der Waals surface area contributed by atoms with Crippen LogP contribution in [-0.2, 0) is 6.54 Å². The number of aryl methyl sites for hydroxylation is 1. The Kier molecular flexibility index (Phi) is 3.53. The first kappa shape index (κ1) is 11.8. The van der Waals surface area contributed by atoms with Crippen LogP contribution in [0.4, 0.5) is 5.82 Å². The van der Waals surface area contributed by atoms with Crippen LogP contribution < -0.4 is 10.2 Å². The number of nitrogens with zero attached hydrogens (tertiary/aromatic N) is 3. The van der Waals surface area contributed by atoms with Gasteiger partial charge in [0.15, 0.2) is 0 Å². The first-order valence-electron chi connectivity index (χ1n) is 5.40. The zero-order chi connectivity index (χ0) is 12.3. The molecule has 2 aromatic rings. The molecule has 17 heavy (non-hydrogen) atoms. The van der Waals surface area contributed by atoms with Crippen molar-refractivity contribution >= 4 is 17.2 Å². The highest BCUT2D eigenvalue weighted by Gasteiger charge is 2.04. The van der Waals surface area contributed by atoms with Crippen LogP contribution in [0, 0.1) is 6.92 Å². The van der Waals surface area contributed by atoms with E-state index in [1.165, 1.54) is 11.3 Å². The smallest absolute Gasteiger partial charge is 0.307 e. The Morgan fingerprint density at radius 3 is 2.76 bits per heavy atom. The SMILES string of the molecule is CCNc1cnc(Cn2c(C)csc2=O)cn1. The number of nitrogens with one attached hydrogen (secondary N) is 1. The van der Waals surface area contributed by atoms with Crippen LogP contribution in [0.25, 0.3) is 0 Å². The molecule has 0 saturated carbocycles. The Hall–Kier alpha value is -1.69. The summed E-state index contributed by atoms with van der Waals surface area (Å²) in [7, 11) is 0. The fraction of sp³-hybridized carbons (Fsp3) is 0.364. The Balaban J connectivity index is 2.17. The third-order valence-electron chi connectivity index (χ3n) is 2.36. The molecule has 2 aromatic heterocycles. The van der Waals surface area contributed by atoms with E-state index in [1.807, 2.05) is 19.2 Å². The lowest BCUT2D eigenvalue weighted by molar-refractivity contribution is 0.731. The third kappa shape index (κ3) is 2.71. The van der Waals surface area contributed by atoms with Gasteiger partial charge in [-0.15, -0.1) is 0 Å². The summed E-state index contributed by atoms with van der Waals surface area (Å²) in [6.45, 7) is 5.22. The van der Waals surface area contributed by atoms with Crippen molar-refractivity contribution < 1.29 is 0 Å². The molecule has 0 atom stereocenters. The quantitative estimate of drug-likeness (QED) is 0.893. The second-order valence-corrected chi connectivity index (χ2v) is 4.47. The standard InChI is InChI=1S/C11H14N4OS/c1-3-12-10-5-13-9(4-14-10)6-15-8(2)7-17-11(15)16/h4-5,7H,3,6H2,1-2H3,(H,12,14). The summed E-state index contributed by atoms with van der Waals surface area (Å²) in [5, 5.41) is 4.93. The van der Waals surface area contributed by atoms with Gasteiger partial charge in [-0.3, -0.25) is 14.3 Å². The van der Waals surface area contributed by atoms with Crippen molar-refractivity contribution in [3.8, 4) is 0 Å². The molecular formula is C11H14N4OS. The molecule has 0 fully saturated rings. The van der Waals surface area contributed by atoms with Crippen LogP contribution in [0.5, 0.6) is 0 Å². The van der Waals surface area contributed by atoms with E-state index in [2.05, 4.69) is 15.3 Å². The number of anilines is 1. The highest BCUT2D eigenvalue weighted by atomic mass is 32.1. The fourth-order valence-corrected chi connectivity index (χ4v) is 2.20. The van der Waals surface area contributed by atoms with Crippen molar-refractivity contribution in [2.24, 2.45) is 0 Å². The molecule has 0 aromatic carbocycles. The summed E-state index contributed by atoms with van der Waals surface area (Å²) in [4.78, 5) is 20.1. The molecule has 5 nitrogen and oxygen atoms in total. The van der Waals surface area contributed by atoms with Crippen LogP contribution in [-0.4, -0.2) is 21.1 Å². The molecule has 90 valence electrons. The summed E-state index contributed by atoms with van der Waals surface area (Å²) in [6.07, 6.45) is 3.38. The third-order valence-corrected chi connectivity index (χ3v) is 3.24. The molecule has 2 heterocycles. The van der Waals surface area contributed by atoms with Gasteiger partial charge in [-0.05, 0) is 13.8 Å². The van der Waals surface area contributed by atoms with E-state index in [-0.39, 0.29) is 4.87 Å². The van der Waals surface area contributed by atoms with E-state index in [4.69, 9.17) is 0 Å². The van der Waals surface area contributed by atoms with Crippen molar-refractivity contribution in [3.63, 3.8) is 0 Å². The maximum Gasteiger partial charge on any atom is 0.307 e. The highest BCUT2D eigenvalue weighted by Crippen LogP contribution is 2.05. The molecule has 6 heteroatoms. The normalized spacial score (nSPS) is 10.5. The van der Waals surface area contributed by atoms with Gasteiger partial charge in [-0.2, -0.15) is 0 Å². The summed E-state index contributed by atoms with van der Waals surface area (Å²) in [5.74, 6) is 0.755. The van der Waals surface area contributed by atoms with Gasteiger partial charge in [0.2, 0.25) is 0 Å². The van der Waals surface area contributed by atoms with Gasteiger partial charge in [-0.1, -0.05) is 11.3 Å². The van der Waals surface area contributed by atoms with E-state index in [0.29, 0.717) is 6.54 Å². The van der Waals surface area contributed by atoms with Crippen LogP contribution >= 0.6 is 11.3 Å². The summed E-state index contributed by atoms with van der Waals surface area (Å²) >= 11 is 1.21. The van der Waals surface area contributed by atoms with E-state index in [1.54, 1.807) is 17.0 Å². The Labute approximate surface area is 103 Å². The van der Waals surface area contributed by atoms with Gasteiger partial charge in [-0.25, -0.2) is 4.98 Å². The van der Waals surface area contributed by atoms with Crippen molar-refractivity contribution in [1.29, 1.82) is 0 Å². The van der Waals surface area contributed by atoms with E-state index in [9.17, 15) is 4.79 Å². The van der Waals surface area contributed by atoms with Crippen LogP contribution in [0.2, 0.25) is 0 Å². The summed E-state index contributed by atoms with van der Waals surface area (Å²) < 4.78 is 1.70. The number of rotatable bonds is 4. The average Bonchev–Trinajstić information content (AvgIpc) is 2.64. The van der Waals surface area contributed by atoms with Crippen molar-refractivity contribution in [1.82, 2.24) is 14.5 Å². The molecule has 0 radical (unpaired) electrons. The molecule has 0 saturated heterocycles. The zero-order valence-electron chi connectivity index (χ0n) is 9.80. The molecule has 0 unspecified atom stereocenters. The minimum atomic E-state index is 0.0417. The molecule has 0 bridgehead atoms. The zero-order valence-corrected chi connectivity index (χ0v) is 10.6. The van der Waals surface area contributed by atoms with E-state index in [0.717, 1.165) is 23.8 Å².